The van der Waals surface area contributed by atoms with Crippen LogP contribution in [0.5, 0.6) is 0 Å². The average Bonchev–Trinajstić information content (AvgIpc) is 2.20. The van der Waals surface area contributed by atoms with Gasteiger partial charge in [-0.2, -0.15) is 0 Å². The van der Waals surface area contributed by atoms with Crippen molar-refractivity contribution in [3.8, 4) is 0 Å². The second-order valence-electron chi connectivity index (χ2n) is 3.89. The maximum atomic E-state index is 11.6. The Balaban J connectivity index is 2.77. The summed E-state index contributed by atoms with van der Waals surface area (Å²) in [6.45, 7) is 5.86. The summed E-state index contributed by atoms with van der Waals surface area (Å²) in [7, 11) is 0. The van der Waals surface area contributed by atoms with Crippen molar-refractivity contribution in [3.05, 3.63) is 23.8 Å². The summed E-state index contributed by atoms with van der Waals surface area (Å²) < 4.78 is 0. The van der Waals surface area contributed by atoms with Crippen LogP contribution >= 0.6 is 0 Å². The molecule has 0 aliphatic rings. The molecule has 0 bridgehead atoms. The zero-order valence-corrected chi connectivity index (χ0v) is 9.50. The van der Waals surface area contributed by atoms with Crippen LogP contribution in [0.3, 0.4) is 0 Å². The average molecular weight is 206 g/mol. The number of carbonyl (C=O) groups excluding carboxylic acids is 1. The largest absolute Gasteiger partial charge is 0.397 e. The fraction of sp³-hybridized carbons (Fsp3) is 0.417. The molecule has 3 N–H and O–H groups in total. The van der Waals surface area contributed by atoms with Gasteiger partial charge in [0.15, 0.2) is 0 Å². The second-order valence-corrected chi connectivity index (χ2v) is 3.89. The lowest BCUT2D eigenvalue weighted by Gasteiger charge is -2.12. The topological polar surface area (TPSA) is 55.1 Å². The molecule has 1 amide bonds. The van der Waals surface area contributed by atoms with E-state index in [2.05, 4.69) is 5.32 Å². The van der Waals surface area contributed by atoms with Crippen molar-refractivity contribution in [1.29, 1.82) is 0 Å². The molecule has 0 aromatic heterocycles. The van der Waals surface area contributed by atoms with Crippen LogP contribution in [-0.2, 0) is 4.79 Å². The maximum absolute atomic E-state index is 11.6. The number of anilines is 2. The number of amides is 1. The molecule has 3 heteroatoms. The first-order valence-electron chi connectivity index (χ1n) is 5.21. The van der Waals surface area contributed by atoms with Gasteiger partial charge in [0.25, 0.3) is 0 Å². The van der Waals surface area contributed by atoms with Gasteiger partial charge in [0.1, 0.15) is 0 Å². The first-order valence-corrected chi connectivity index (χ1v) is 5.21. The quantitative estimate of drug-likeness (QED) is 0.747. The molecule has 1 aromatic carbocycles. The van der Waals surface area contributed by atoms with Crippen molar-refractivity contribution in [2.45, 2.75) is 27.2 Å². The number of hydrogen-bond donors (Lipinski definition) is 2. The highest BCUT2D eigenvalue weighted by atomic mass is 16.1. The molecule has 0 spiro atoms. The van der Waals surface area contributed by atoms with Crippen LogP contribution in [0.25, 0.3) is 0 Å². The molecule has 0 saturated carbocycles. The third-order valence-corrected chi connectivity index (χ3v) is 2.52. The van der Waals surface area contributed by atoms with E-state index >= 15 is 0 Å². The summed E-state index contributed by atoms with van der Waals surface area (Å²) in [4.78, 5) is 11.6. The predicted molar refractivity (Wildman–Crippen MR) is 63.7 cm³/mol. The second kappa shape index (κ2) is 4.82. The van der Waals surface area contributed by atoms with E-state index in [1.165, 1.54) is 0 Å². The predicted octanol–water partition coefficient (Wildman–Crippen LogP) is 2.56. The Hall–Kier alpha value is -1.51. The lowest BCUT2D eigenvalue weighted by atomic mass is 10.1. The Bertz CT molecular complexity index is 361. The van der Waals surface area contributed by atoms with Gasteiger partial charge in [0.05, 0.1) is 11.4 Å². The van der Waals surface area contributed by atoms with Gasteiger partial charge < -0.3 is 11.1 Å². The highest BCUT2D eigenvalue weighted by Crippen LogP contribution is 2.20. The summed E-state index contributed by atoms with van der Waals surface area (Å²) in [6, 6.07) is 5.62. The summed E-state index contributed by atoms with van der Waals surface area (Å²) in [5.74, 6) is 0.0405. The van der Waals surface area contributed by atoms with Gasteiger partial charge in [0, 0.05) is 5.92 Å². The van der Waals surface area contributed by atoms with Crippen molar-refractivity contribution in [2.75, 3.05) is 11.1 Å². The number of aryl methyl sites for hydroxylation is 1. The van der Waals surface area contributed by atoms with E-state index in [4.69, 9.17) is 5.73 Å². The molecule has 1 atom stereocenters. The summed E-state index contributed by atoms with van der Waals surface area (Å²) in [5.41, 5.74) is 8.21. The third kappa shape index (κ3) is 2.98. The maximum Gasteiger partial charge on any atom is 0.227 e. The molecule has 15 heavy (non-hydrogen) atoms. The number of nitrogens with one attached hydrogen (secondary N) is 1. The van der Waals surface area contributed by atoms with Crippen molar-refractivity contribution in [2.24, 2.45) is 5.92 Å². The molecular weight excluding hydrogens is 188 g/mol. The highest BCUT2D eigenvalue weighted by Gasteiger charge is 2.11. The van der Waals surface area contributed by atoms with E-state index in [0.29, 0.717) is 11.4 Å². The van der Waals surface area contributed by atoms with Crippen molar-refractivity contribution in [3.63, 3.8) is 0 Å². The van der Waals surface area contributed by atoms with Gasteiger partial charge in [-0.1, -0.05) is 19.9 Å². The molecule has 0 saturated heterocycles. The van der Waals surface area contributed by atoms with Crippen LogP contribution < -0.4 is 11.1 Å². The van der Waals surface area contributed by atoms with Gasteiger partial charge in [-0.25, -0.2) is 0 Å². The number of carbonyl (C=O) groups is 1. The van der Waals surface area contributed by atoms with Crippen molar-refractivity contribution >= 4 is 17.3 Å². The monoisotopic (exact) mass is 206 g/mol. The zero-order chi connectivity index (χ0) is 11.4. The van der Waals surface area contributed by atoms with E-state index in [1.807, 2.05) is 39.0 Å². The SMILES string of the molecule is CC[C@@H](C)C(=O)Nc1ccc(C)cc1N. The van der Waals surface area contributed by atoms with Gasteiger partial charge in [-0.05, 0) is 31.0 Å². The smallest absolute Gasteiger partial charge is 0.227 e. The number of hydrogen-bond acceptors (Lipinski definition) is 2. The number of benzene rings is 1. The van der Waals surface area contributed by atoms with Gasteiger partial charge in [0.2, 0.25) is 5.91 Å². The normalized spacial score (nSPS) is 12.2. The molecule has 0 heterocycles. The van der Waals surface area contributed by atoms with Crippen LogP contribution in [0.1, 0.15) is 25.8 Å². The minimum Gasteiger partial charge on any atom is -0.397 e. The van der Waals surface area contributed by atoms with E-state index in [9.17, 15) is 4.79 Å². The molecule has 0 aliphatic carbocycles. The molecule has 0 radical (unpaired) electrons. The highest BCUT2D eigenvalue weighted by molar-refractivity contribution is 5.95. The third-order valence-electron chi connectivity index (χ3n) is 2.52. The Morgan fingerprint density at radius 3 is 2.73 bits per heavy atom. The minimum absolute atomic E-state index is 0.0192. The number of nitrogens with two attached hydrogens (primary N) is 1. The Morgan fingerprint density at radius 1 is 1.53 bits per heavy atom. The molecule has 82 valence electrons. The Morgan fingerprint density at radius 2 is 2.20 bits per heavy atom. The van der Waals surface area contributed by atoms with E-state index in [1.54, 1.807) is 0 Å². The molecule has 3 nitrogen and oxygen atoms in total. The molecule has 0 aliphatic heterocycles. The molecule has 0 fully saturated rings. The molecular formula is C12H18N2O. The summed E-state index contributed by atoms with van der Waals surface area (Å²) >= 11 is 0. The lowest BCUT2D eigenvalue weighted by molar-refractivity contribution is -0.119. The van der Waals surface area contributed by atoms with Crippen LogP contribution in [0.15, 0.2) is 18.2 Å². The number of nitrogen functional groups attached to an aromatic ring is 1. The Labute approximate surface area is 90.7 Å². The van der Waals surface area contributed by atoms with Crippen LogP contribution in [-0.4, -0.2) is 5.91 Å². The van der Waals surface area contributed by atoms with Crippen LogP contribution in [0.2, 0.25) is 0 Å². The Kier molecular flexibility index (Phi) is 3.72. The van der Waals surface area contributed by atoms with Crippen molar-refractivity contribution in [1.82, 2.24) is 0 Å². The first kappa shape index (κ1) is 11.6. The van der Waals surface area contributed by atoms with Gasteiger partial charge in [-0.15, -0.1) is 0 Å². The summed E-state index contributed by atoms with van der Waals surface area (Å²) in [5, 5.41) is 2.82. The van der Waals surface area contributed by atoms with Crippen LogP contribution in [0.4, 0.5) is 11.4 Å². The van der Waals surface area contributed by atoms with Gasteiger partial charge >= 0.3 is 0 Å². The fourth-order valence-corrected chi connectivity index (χ4v) is 1.24. The first-order chi connectivity index (χ1) is 7.04. The zero-order valence-electron chi connectivity index (χ0n) is 9.50. The minimum atomic E-state index is 0.0192. The van der Waals surface area contributed by atoms with E-state index in [-0.39, 0.29) is 11.8 Å². The van der Waals surface area contributed by atoms with E-state index < -0.39 is 0 Å². The van der Waals surface area contributed by atoms with Gasteiger partial charge in [-0.3, -0.25) is 4.79 Å². The van der Waals surface area contributed by atoms with E-state index in [0.717, 1.165) is 12.0 Å². The lowest BCUT2D eigenvalue weighted by Crippen LogP contribution is -2.20. The van der Waals surface area contributed by atoms with Crippen LogP contribution in [0, 0.1) is 12.8 Å². The fourth-order valence-electron chi connectivity index (χ4n) is 1.24. The molecule has 0 unspecified atom stereocenters. The molecule has 1 aromatic rings. The van der Waals surface area contributed by atoms with Crippen molar-refractivity contribution < 1.29 is 4.79 Å². The summed E-state index contributed by atoms with van der Waals surface area (Å²) in [6.07, 6.45) is 0.831. The number of rotatable bonds is 3. The molecule has 1 rings (SSSR count). The standard InChI is InChI=1S/C12H18N2O/c1-4-9(3)12(15)14-11-6-5-8(2)7-10(11)13/h5-7,9H,4,13H2,1-3H3,(H,14,15)/t9-/m1/s1.